The van der Waals surface area contributed by atoms with Crippen molar-refractivity contribution in [2.75, 3.05) is 13.2 Å². The third-order valence-electron chi connectivity index (χ3n) is 2.70. The third kappa shape index (κ3) is 4.48. The fraction of sp³-hybridized carbons (Fsp3) is 0.250. The van der Waals surface area contributed by atoms with E-state index in [1.165, 1.54) is 0 Å². The maximum atomic E-state index is 8.74. The van der Waals surface area contributed by atoms with Gasteiger partial charge in [0, 0.05) is 6.61 Å². The molecule has 0 unspecified atom stereocenters. The van der Waals surface area contributed by atoms with Crippen LogP contribution in [0.4, 0.5) is 11.4 Å². The molecule has 0 bridgehead atoms. The van der Waals surface area contributed by atoms with E-state index in [2.05, 4.69) is 10.2 Å². The number of hydrogen-bond acceptors (Lipinski definition) is 4. The first-order valence-corrected chi connectivity index (χ1v) is 6.69. The highest BCUT2D eigenvalue weighted by molar-refractivity contribution is 5.51. The molecule has 2 aromatic rings. The van der Waals surface area contributed by atoms with Crippen molar-refractivity contribution >= 4 is 11.4 Å². The standard InChI is InChI=1S/C16H18N2O2/c19-12-6-7-13-20-16-11-5-4-10-15(16)18-17-14-8-2-1-3-9-14/h1-5,8-11,19H,6-7,12-13H2. The molecule has 0 aliphatic carbocycles. The largest absolute Gasteiger partial charge is 0.491 e. The van der Waals surface area contributed by atoms with Crippen LogP contribution in [0.2, 0.25) is 0 Å². The Morgan fingerprint density at radius 1 is 0.850 bits per heavy atom. The van der Waals surface area contributed by atoms with Crippen LogP contribution in [0.1, 0.15) is 12.8 Å². The molecule has 0 fully saturated rings. The number of para-hydroxylation sites is 1. The Kier molecular flexibility index (Phi) is 5.73. The molecular formula is C16H18N2O2. The van der Waals surface area contributed by atoms with Crippen LogP contribution in [0, 0.1) is 0 Å². The van der Waals surface area contributed by atoms with E-state index < -0.39 is 0 Å². The summed E-state index contributed by atoms with van der Waals surface area (Å²) in [5, 5.41) is 17.2. The van der Waals surface area contributed by atoms with Gasteiger partial charge in [0.05, 0.1) is 12.3 Å². The van der Waals surface area contributed by atoms with Crippen LogP contribution in [0.3, 0.4) is 0 Å². The summed E-state index contributed by atoms with van der Waals surface area (Å²) in [7, 11) is 0. The highest BCUT2D eigenvalue weighted by Gasteiger charge is 2.01. The molecule has 0 aromatic heterocycles. The van der Waals surface area contributed by atoms with Crippen LogP contribution in [0.25, 0.3) is 0 Å². The number of ether oxygens (including phenoxy) is 1. The Balaban J connectivity index is 2.02. The number of hydrogen-bond donors (Lipinski definition) is 1. The van der Waals surface area contributed by atoms with E-state index in [0.29, 0.717) is 18.0 Å². The fourth-order valence-corrected chi connectivity index (χ4v) is 1.66. The molecule has 0 aliphatic rings. The van der Waals surface area contributed by atoms with Crippen molar-refractivity contribution in [3.63, 3.8) is 0 Å². The van der Waals surface area contributed by atoms with Gasteiger partial charge in [-0.25, -0.2) is 0 Å². The van der Waals surface area contributed by atoms with Crippen LogP contribution in [0.15, 0.2) is 64.8 Å². The average Bonchev–Trinajstić information content (AvgIpc) is 2.51. The fourth-order valence-electron chi connectivity index (χ4n) is 1.66. The molecule has 0 spiro atoms. The Labute approximate surface area is 118 Å². The molecule has 2 rings (SSSR count). The quantitative estimate of drug-likeness (QED) is 0.604. The molecule has 0 radical (unpaired) electrons. The maximum absolute atomic E-state index is 8.74. The zero-order valence-corrected chi connectivity index (χ0v) is 11.3. The van der Waals surface area contributed by atoms with Gasteiger partial charge in [-0.2, -0.15) is 5.11 Å². The second-order valence-electron chi connectivity index (χ2n) is 4.28. The number of aliphatic hydroxyl groups is 1. The van der Waals surface area contributed by atoms with Crippen LogP contribution >= 0.6 is 0 Å². The highest BCUT2D eigenvalue weighted by atomic mass is 16.5. The molecule has 20 heavy (non-hydrogen) atoms. The summed E-state index contributed by atoms with van der Waals surface area (Å²) in [4.78, 5) is 0. The summed E-state index contributed by atoms with van der Waals surface area (Å²) in [5.74, 6) is 0.713. The lowest BCUT2D eigenvalue weighted by atomic mass is 10.3. The van der Waals surface area contributed by atoms with Crippen LogP contribution in [-0.4, -0.2) is 18.3 Å². The highest BCUT2D eigenvalue weighted by Crippen LogP contribution is 2.28. The van der Waals surface area contributed by atoms with E-state index >= 15 is 0 Å². The topological polar surface area (TPSA) is 54.2 Å². The first-order chi connectivity index (χ1) is 9.90. The Bertz CT molecular complexity index is 541. The van der Waals surface area contributed by atoms with Crippen molar-refractivity contribution < 1.29 is 9.84 Å². The Morgan fingerprint density at radius 3 is 2.40 bits per heavy atom. The predicted molar refractivity (Wildman–Crippen MR) is 78.9 cm³/mol. The van der Waals surface area contributed by atoms with Gasteiger partial charge >= 0.3 is 0 Å². The number of unbranched alkanes of at least 4 members (excludes halogenated alkanes) is 1. The van der Waals surface area contributed by atoms with E-state index in [-0.39, 0.29) is 6.61 Å². The van der Waals surface area contributed by atoms with Gasteiger partial charge in [-0.15, -0.1) is 5.11 Å². The summed E-state index contributed by atoms with van der Waals surface area (Å²) in [6, 6.07) is 17.1. The van der Waals surface area contributed by atoms with Crippen molar-refractivity contribution in [1.82, 2.24) is 0 Å². The van der Waals surface area contributed by atoms with Crippen LogP contribution in [-0.2, 0) is 0 Å². The first kappa shape index (κ1) is 14.2. The van der Waals surface area contributed by atoms with Gasteiger partial charge in [-0.3, -0.25) is 0 Å². The number of rotatable bonds is 7. The van der Waals surface area contributed by atoms with Gasteiger partial charge in [0.1, 0.15) is 11.4 Å². The minimum Gasteiger partial charge on any atom is -0.491 e. The van der Waals surface area contributed by atoms with Gasteiger partial charge < -0.3 is 9.84 Å². The zero-order valence-electron chi connectivity index (χ0n) is 11.3. The number of azo groups is 1. The SMILES string of the molecule is OCCCCOc1ccccc1N=Nc1ccccc1. The molecule has 104 valence electrons. The molecule has 4 nitrogen and oxygen atoms in total. The molecule has 0 saturated carbocycles. The summed E-state index contributed by atoms with van der Waals surface area (Å²) in [5.41, 5.74) is 1.52. The zero-order chi connectivity index (χ0) is 14.0. The average molecular weight is 270 g/mol. The minimum absolute atomic E-state index is 0.193. The lowest BCUT2D eigenvalue weighted by Crippen LogP contribution is -1.98. The van der Waals surface area contributed by atoms with Gasteiger partial charge in [0.15, 0.2) is 0 Å². The van der Waals surface area contributed by atoms with E-state index in [1.807, 2.05) is 54.6 Å². The second kappa shape index (κ2) is 8.07. The van der Waals surface area contributed by atoms with Crippen LogP contribution in [0.5, 0.6) is 5.75 Å². The monoisotopic (exact) mass is 270 g/mol. The maximum Gasteiger partial charge on any atom is 0.146 e. The molecule has 2 aromatic carbocycles. The van der Waals surface area contributed by atoms with E-state index in [4.69, 9.17) is 9.84 Å². The van der Waals surface area contributed by atoms with E-state index in [0.717, 1.165) is 18.5 Å². The smallest absolute Gasteiger partial charge is 0.146 e. The van der Waals surface area contributed by atoms with Crippen molar-refractivity contribution in [2.24, 2.45) is 10.2 Å². The minimum atomic E-state index is 0.193. The van der Waals surface area contributed by atoms with Gasteiger partial charge in [0.2, 0.25) is 0 Å². The lowest BCUT2D eigenvalue weighted by molar-refractivity contribution is 0.253. The molecule has 4 heteroatoms. The Hall–Kier alpha value is -2.20. The third-order valence-corrected chi connectivity index (χ3v) is 2.70. The van der Waals surface area contributed by atoms with Crippen LogP contribution < -0.4 is 4.74 Å². The molecule has 0 heterocycles. The summed E-state index contributed by atoms with van der Waals surface area (Å²) in [6.45, 7) is 0.761. The van der Waals surface area contributed by atoms with E-state index in [9.17, 15) is 0 Å². The summed E-state index contributed by atoms with van der Waals surface area (Å²) >= 11 is 0. The summed E-state index contributed by atoms with van der Waals surface area (Å²) < 4.78 is 5.66. The van der Waals surface area contributed by atoms with Crippen molar-refractivity contribution in [3.05, 3.63) is 54.6 Å². The van der Waals surface area contributed by atoms with Crippen molar-refractivity contribution in [3.8, 4) is 5.75 Å². The molecule has 0 aliphatic heterocycles. The number of aliphatic hydroxyl groups excluding tert-OH is 1. The van der Waals surface area contributed by atoms with Gasteiger partial charge in [0.25, 0.3) is 0 Å². The molecular weight excluding hydrogens is 252 g/mol. The van der Waals surface area contributed by atoms with E-state index in [1.54, 1.807) is 0 Å². The molecule has 0 atom stereocenters. The second-order valence-corrected chi connectivity index (χ2v) is 4.28. The molecule has 1 N–H and O–H groups in total. The number of benzene rings is 2. The summed E-state index contributed by atoms with van der Waals surface area (Å²) in [6.07, 6.45) is 1.56. The normalized spacial score (nSPS) is 10.8. The first-order valence-electron chi connectivity index (χ1n) is 6.69. The lowest BCUT2D eigenvalue weighted by Gasteiger charge is -2.07. The molecule has 0 saturated heterocycles. The predicted octanol–water partition coefficient (Wildman–Crippen LogP) is 4.25. The van der Waals surface area contributed by atoms with Crippen molar-refractivity contribution in [2.45, 2.75) is 12.8 Å². The van der Waals surface area contributed by atoms with Gasteiger partial charge in [-0.05, 0) is 37.1 Å². The molecule has 0 amide bonds. The number of nitrogens with zero attached hydrogens (tertiary/aromatic N) is 2. The van der Waals surface area contributed by atoms with Gasteiger partial charge in [-0.1, -0.05) is 30.3 Å². The Morgan fingerprint density at radius 2 is 1.60 bits per heavy atom. The van der Waals surface area contributed by atoms with Crippen molar-refractivity contribution in [1.29, 1.82) is 0 Å².